The molecule has 0 bridgehead atoms. The molecule has 0 fully saturated rings. The maximum atomic E-state index is 9.72. The van der Waals surface area contributed by atoms with E-state index in [1.807, 2.05) is 24.3 Å². The minimum Gasteiger partial charge on any atom is -0.394 e. The third kappa shape index (κ3) is 3.38. The van der Waals surface area contributed by atoms with Crippen LogP contribution in [0, 0.1) is 0 Å². The number of benzene rings is 2. The van der Waals surface area contributed by atoms with Crippen molar-refractivity contribution in [2.24, 2.45) is 4.99 Å². The molecule has 3 nitrogen and oxygen atoms in total. The van der Waals surface area contributed by atoms with Crippen LogP contribution in [0.1, 0.15) is 17.2 Å². The van der Waals surface area contributed by atoms with Gasteiger partial charge in [-0.2, -0.15) is 0 Å². The molecule has 1 atom stereocenters. The second-order valence-corrected chi connectivity index (χ2v) is 5.38. The van der Waals surface area contributed by atoms with Crippen LogP contribution in [-0.2, 0) is 6.42 Å². The van der Waals surface area contributed by atoms with Gasteiger partial charge in [0.1, 0.15) is 0 Å². The minimum absolute atomic E-state index is 0.0308. The molecular formula is C18H20N2O. The van der Waals surface area contributed by atoms with Gasteiger partial charge >= 0.3 is 0 Å². The number of nitrogens with zero attached hydrogens (tertiary/aromatic N) is 2. The smallest absolute Gasteiger partial charge is 0.0918 e. The normalized spacial score (nSPS) is 16.7. The number of hydrogen-bond donors (Lipinski definition) is 1. The third-order valence-electron chi connectivity index (χ3n) is 3.91. The van der Waals surface area contributed by atoms with Gasteiger partial charge in [0.15, 0.2) is 0 Å². The van der Waals surface area contributed by atoms with Crippen LogP contribution >= 0.6 is 0 Å². The van der Waals surface area contributed by atoms with E-state index >= 15 is 0 Å². The molecule has 3 rings (SSSR count). The summed E-state index contributed by atoms with van der Waals surface area (Å²) in [6.07, 6.45) is 0.893. The summed E-state index contributed by atoms with van der Waals surface area (Å²) >= 11 is 0. The van der Waals surface area contributed by atoms with E-state index in [9.17, 15) is 5.11 Å². The van der Waals surface area contributed by atoms with E-state index in [1.54, 1.807) is 0 Å². The predicted molar refractivity (Wildman–Crippen MR) is 85.4 cm³/mol. The van der Waals surface area contributed by atoms with Gasteiger partial charge < -0.3 is 5.11 Å². The van der Waals surface area contributed by atoms with E-state index in [2.05, 4.69) is 46.3 Å². The molecule has 1 aliphatic rings. The Balaban J connectivity index is 1.65. The van der Waals surface area contributed by atoms with Crippen LogP contribution in [0.4, 0.5) is 0 Å². The van der Waals surface area contributed by atoms with Crippen LogP contribution in [0.3, 0.4) is 0 Å². The summed E-state index contributed by atoms with van der Waals surface area (Å²) in [5.41, 5.74) is 3.63. The SMILES string of the molecule is OC[C@@H](c1ccccc1)N1CN=C(Cc2ccccc2)C1. The second-order valence-electron chi connectivity index (χ2n) is 5.38. The van der Waals surface area contributed by atoms with Crippen molar-refractivity contribution in [1.82, 2.24) is 4.90 Å². The van der Waals surface area contributed by atoms with Gasteiger partial charge in [0.25, 0.3) is 0 Å². The number of aliphatic imine (C=N–C) groups is 1. The van der Waals surface area contributed by atoms with E-state index in [-0.39, 0.29) is 12.6 Å². The average molecular weight is 280 g/mol. The van der Waals surface area contributed by atoms with E-state index in [0.717, 1.165) is 18.5 Å². The fourth-order valence-electron chi connectivity index (χ4n) is 2.78. The zero-order valence-electron chi connectivity index (χ0n) is 12.0. The quantitative estimate of drug-likeness (QED) is 0.914. The molecule has 1 N–H and O–H groups in total. The van der Waals surface area contributed by atoms with Crippen molar-refractivity contribution in [3.8, 4) is 0 Å². The average Bonchev–Trinajstić information content (AvgIpc) is 2.98. The molecule has 2 aromatic rings. The molecule has 21 heavy (non-hydrogen) atoms. The minimum atomic E-state index is 0.0308. The van der Waals surface area contributed by atoms with Crippen LogP contribution in [0.5, 0.6) is 0 Å². The van der Waals surface area contributed by atoms with E-state index in [4.69, 9.17) is 0 Å². The summed E-state index contributed by atoms with van der Waals surface area (Å²) in [5.74, 6) is 0. The fraction of sp³-hybridized carbons (Fsp3) is 0.278. The lowest BCUT2D eigenvalue weighted by atomic mass is 10.1. The Morgan fingerprint density at radius 3 is 2.33 bits per heavy atom. The summed E-state index contributed by atoms with van der Waals surface area (Å²) in [7, 11) is 0. The first-order valence-corrected chi connectivity index (χ1v) is 7.33. The Bertz CT molecular complexity index is 595. The summed E-state index contributed by atoms with van der Waals surface area (Å²) in [5, 5.41) is 9.72. The first kappa shape index (κ1) is 14.0. The Morgan fingerprint density at radius 2 is 1.67 bits per heavy atom. The lowest BCUT2D eigenvalue weighted by Crippen LogP contribution is -2.31. The lowest BCUT2D eigenvalue weighted by Gasteiger charge is -2.25. The van der Waals surface area contributed by atoms with E-state index < -0.39 is 0 Å². The molecule has 3 heteroatoms. The van der Waals surface area contributed by atoms with Crippen LogP contribution in [0.15, 0.2) is 65.7 Å². The van der Waals surface area contributed by atoms with Crippen molar-refractivity contribution in [1.29, 1.82) is 0 Å². The summed E-state index contributed by atoms with van der Waals surface area (Å²) in [4.78, 5) is 6.87. The lowest BCUT2D eigenvalue weighted by molar-refractivity contribution is 0.148. The summed E-state index contributed by atoms with van der Waals surface area (Å²) < 4.78 is 0. The van der Waals surface area contributed by atoms with Crippen LogP contribution < -0.4 is 0 Å². The van der Waals surface area contributed by atoms with Crippen molar-refractivity contribution in [2.45, 2.75) is 12.5 Å². The highest BCUT2D eigenvalue weighted by molar-refractivity contribution is 5.89. The van der Waals surface area contributed by atoms with Crippen molar-refractivity contribution >= 4 is 5.71 Å². The first-order chi connectivity index (χ1) is 10.4. The molecule has 1 aliphatic heterocycles. The van der Waals surface area contributed by atoms with E-state index in [0.29, 0.717) is 6.67 Å². The van der Waals surface area contributed by atoms with Crippen molar-refractivity contribution in [3.63, 3.8) is 0 Å². The number of aliphatic hydroxyl groups is 1. The molecule has 0 saturated heterocycles. The van der Waals surface area contributed by atoms with Gasteiger partial charge in [-0.1, -0.05) is 60.7 Å². The van der Waals surface area contributed by atoms with E-state index in [1.165, 1.54) is 11.3 Å². The van der Waals surface area contributed by atoms with Gasteiger partial charge in [-0.25, -0.2) is 0 Å². The number of aliphatic hydroxyl groups excluding tert-OH is 1. The summed E-state index contributed by atoms with van der Waals surface area (Å²) in [6.45, 7) is 1.62. The Hall–Kier alpha value is -1.97. The topological polar surface area (TPSA) is 35.8 Å². The number of rotatable bonds is 5. The molecular weight excluding hydrogens is 260 g/mol. The standard InChI is InChI=1S/C18H20N2O/c21-13-18(16-9-5-2-6-10-16)20-12-17(19-14-20)11-15-7-3-1-4-8-15/h1-10,18,21H,11-14H2/t18-/m0/s1. The Morgan fingerprint density at radius 1 is 1.00 bits per heavy atom. The van der Waals surface area contributed by atoms with Gasteiger partial charge in [0.05, 0.1) is 19.3 Å². The maximum absolute atomic E-state index is 9.72. The molecule has 0 saturated carbocycles. The summed E-state index contributed by atoms with van der Waals surface area (Å²) in [6, 6.07) is 20.6. The van der Waals surface area contributed by atoms with Crippen molar-refractivity contribution in [3.05, 3.63) is 71.8 Å². The van der Waals surface area contributed by atoms with Crippen molar-refractivity contribution in [2.75, 3.05) is 19.8 Å². The zero-order valence-corrected chi connectivity index (χ0v) is 12.0. The van der Waals surface area contributed by atoms with Gasteiger partial charge in [0, 0.05) is 18.7 Å². The highest BCUT2D eigenvalue weighted by Gasteiger charge is 2.24. The second kappa shape index (κ2) is 6.66. The molecule has 0 aliphatic carbocycles. The molecule has 0 amide bonds. The van der Waals surface area contributed by atoms with Gasteiger partial charge in [-0.15, -0.1) is 0 Å². The highest BCUT2D eigenvalue weighted by Crippen LogP contribution is 2.22. The van der Waals surface area contributed by atoms with Crippen LogP contribution in [0.25, 0.3) is 0 Å². The first-order valence-electron chi connectivity index (χ1n) is 7.33. The van der Waals surface area contributed by atoms with Crippen LogP contribution in [0.2, 0.25) is 0 Å². The number of hydrogen-bond acceptors (Lipinski definition) is 3. The van der Waals surface area contributed by atoms with Gasteiger partial charge in [-0.05, 0) is 11.1 Å². The van der Waals surface area contributed by atoms with Crippen LogP contribution in [-0.4, -0.2) is 35.5 Å². The maximum Gasteiger partial charge on any atom is 0.0918 e. The molecule has 0 radical (unpaired) electrons. The molecule has 1 heterocycles. The largest absolute Gasteiger partial charge is 0.394 e. The monoisotopic (exact) mass is 280 g/mol. The highest BCUT2D eigenvalue weighted by atomic mass is 16.3. The van der Waals surface area contributed by atoms with Gasteiger partial charge in [0.2, 0.25) is 0 Å². The molecule has 0 aromatic heterocycles. The van der Waals surface area contributed by atoms with Gasteiger partial charge in [-0.3, -0.25) is 9.89 Å². The molecule has 0 spiro atoms. The molecule has 0 unspecified atom stereocenters. The predicted octanol–water partition coefficient (Wildman–Crippen LogP) is 2.68. The molecule has 108 valence electrons. The Kier molecular flexibility index (Phi) is 4.43. The molecule has 2 aromatic carbocycles. The Labute approximate surface area is 125 Å². The fourth-order valence-corrected chi connectivity index (χ4v) is 2.78. The third-order valence-corrected chi connectivity index (χ3v) is 3.91. The van der Waals surface area contributed by atoms with Crippen molar-refractivity contribution < 1.29 is 5.11 Å². The zero-order chi connectivity index (χ0) is 14.5.